The largest absolute Gasteiger partial charge is 0.496 e. The normalized spacial score (nSPS) is 17.2. The molecule has 1 aliphatic rings. The maximum atomic E-state index is 14.0. The maximum Gasteiger partial charge on any atom is 0.496 e. The van der Waals surface area contributed by atoms with E-state index < -0.39 is 59.6 Å². The molecule has 3 rings (SSSR count). The van der Waals surface area contributed by atoms with Crippen molar-refractivity contribution < 1.29 is 46.3 Å². The molecular formula is C30H39BClF3N2O7. The van der Waals surface area contributed by atoms with Gasteiger partial charge in [-0.25, -0.2) is 14.6 Å². The molecule has 1 atom stereocenters. The van der Waals surface area contributed by atoms with E-state index in [9.17, 15) is 22.8 Å². The van der Waals surface area contributed by atoms with E-state index in [-0.39, 0.29) is 22.2 Å². The Morgan fingerprint density at radius 2 is 1.43 bits per heavy atom. The summed E-state index contributed by atoms with van der Waals surface area (Å²) in [6.07, 6.45) is -6.98. The highest BCUT2D eigenvalue weighted by Gasteiger charge is 2.52. The number of pyridine rings is 1. The van der Waals surface area contributed by atoms with E-state index in [4.69, 9.17) is 35.1 Å². The number of halogens is 4. The molecule has 44 heavy (non-hydrogen) atoms. The number of nitrogens with zero attached hydrogens (tertiary/aromatic N) is 2. The van der Waals surface area contributed by atoms with Crippen molar-refractivity contribution in [2.24, 2.45) is 0 Å². The summed E-state index contributed by atoms with van der Waals surface area (Å²) in [5.41, 5.74) is -4.45. The van der Waals surface area contributed by atoms with Gasteiger partial charge >= 0.3 is 25.5 Å². The summed E-state index contributed by atoms with van der Waals surface area (Å²) in [4.78, 5) is 31.7. The van der Waals surface area contributed by atoms with E-state index in [0.717, 1.165) is 18.2 Å². The number of benzene rings is 1. The van der Waals surface area contributed by atoms with Crippen molar-refractivity contribution in [3.8, 4) is 5.75 Å². The number of alkyl halides is 3. The molecule has 1 fully saturated rings. The van der Waals surface area contributed by atoms with Gasteiger partial charge in [-0.2, -0.15) is 18.1 Å². The minimum absolute atomic E-state index is 0.0527. The lowest BCUT2D eigenvalue weighted by Gasteiger charge is -2.32. The van der Waals surface area contributed by atoms with E-state index >= 15 is 0 Å². The topological polar surface area (TPSA) is 96.4 Å². The van der Waals surface area contributed by atoms with Gasteiger partial charge < -0.3 is 23.5 Å². The van der Waals surface area contributed by atoms with Crippen molar-refractivity contribution in [2.75, 3.05) is 4.90 Å². The highest BCUT2D eigenvalue weighted by atomic mass is 35.5. The molecule has 242 valence electrons. The van der Waals surface area contributed by atoms with Crippen LogP contribution in [0.15, 0.2) is 30.5 Å². The first-order chi connectivity index (χ1) is 19.8. The molecule has 14 heteroatoms. The number of aromatic nitrogens is 1. The number of anilines is 1. The Bertz CT molecular complexity index is 1360. The zero-order valence-electron chi connectivity index (χ0n) is 26.8. The van der Waals surface area contributed by atoms with Gasteiger partial charge in [0.25, 0.3) is 0 Å². The summed E-state index contributed by atoms with van der Waals surface area (Å²) in [5, 5.41) is 0.0527. The predicted molar refractivity (Wildman–Crippen MR) is 160 cm³/mol. The number of amides is 2. The third-order valence-electron chi connectivity index (χ3n) is 6.80. The lowest BCUT2D eigenvalue weighted by Crippen LogP contribution is -2.45. The van der Waals surface area contributed by atoms with Crippen LogP contribution >= 0.6 is 11.6 Å². The number of hydrogen-bond acceptors (Lipinski definition) is 8. The van der Waals surface area contributed by atoms with Crippen LogP contribution in [0.25, 0.3) is 0 Å². The lowest BCUT2D eigenvalue weighted by molar-refractivity contribution is -0.138. The first-order valence-corrected chi connectivity index (χ1v) is 14.3. The Labute approximate surface area is 261 Å². The van der Waals surface area contributed by atoms with Crippen LogP contribution in [-0.2, 0) is 25.0 Å². The van der Waals surface area contributed by atoms with Gasteiger partial charge in [0.2, 0.25) is 0 Å². The number of carbonyl (C=O) groups excluding carboxylic acids is 2. The van der Waals surface area contributed by atoms with E-state index in [1.54, 1.807) is 41.5 Å². The number of carbonyl (C=O) groups is 2. The molecule has 2 aromatic rings. The van der Waals surface area contributed by atoms with Gasteiger partial charge in [0.05, 0.1) is 16.8 Å². The fourth-order valence-corrected chi connectivity index (χ4v) is 4.24. The van der Waals surface area contributed by atoms with Crippen LogP contribution in [0, 0.1) is 0 Å². The number of ether oxygens (including phenoxy) is 3. The van der Waals surface area contributed by atoms with E-state index in [1.807, 2.05) is 27.7 Å². The quantitative estimate of drug-likeness (QED) is 0.304. The lowest BCUT2D eigenvalue weighted by atomic mass is 9.80. The molecule has 0 aliphatic carbocycles. The van der Waals surface area contributed by atoms with Crippen LogP contribution in [0.1, 0.15) is 93.4 Å². The van der Waals surface area contributed by atoms with Gasteiger partial charge in [0.15, 0.2) is 11.6 Å². The van der Waals surface area contributed by atoms with E-state index in [2.05, 4.69) is 4.98 Å². The maximum absolute atomic E-state index is 14.0. The molecule has 9 nitrogen and oxygen atoms in total. The molecule has 0 saturated carbocycles. The second-order valence-corrected chi connectivity index (χ2v) is 13.9. The van der Waals surface area contributed by atoms with Crippen LogP contribution in [-0.4, -0.2) is 46.7 Å². The molecule has 1 aromatic carbocycles. The van der Waals surface area contributed by atoms with Crippen molar-refractivity contribution >= 4 is 42.2 Å². The molecule has 1 aromatic heterocycles. The Balaban J connectivity index is 2.21. The molecule has 2 amide bonds. The number of hydrogen-bond donors (Lipinski definition) is 0. The minimum Gasteiger partial charge on any atom is -0.482 e. The second-order valence-electron chi connectivity index (χ2n) is 13.5. The summed E-state index contributed by atoms with van der Waals surface area (Å²) in [6.45, 7) is 18.4. The van der Waals surface area contributed by atoms with Crippen molar-refractivity contribution in [3.05, 3.63) is 46.6 Å². The molecule has 1 unspecified atom stereocenters. The smallest absolute Gasteiger partial charge is 0.482 e. The molecule has 0 bridgehead atoms. The monoisotopic (exact) mass is 642 g/mol. The van der Waals surface area contributed by atoms with Crippen molar-refractivity contribution in [3.63, 3.8) is 0 Å². The first kappa shape index (κ1) is 35.5. The van der Waals surface area contributed by atoms with Crippen LogP contribution < -0.4 is 15.1 Å². The third kappa shape index (κ3) is 8.36. The Morgan fingerprint density at radius 3 is 1.89 bits per heavy atom. The number of rotatable bonds is 5. The van der Waals surface area contributed by atoms with Gasteiger partial charge in [0.1, 0.15) is 17.3 Å². The van der Waals surface area contributed by atoms with Gasteiger partial charge in [0, 0.05) is 22.2 Å². The highest BCUT2D eigenvalue weighted by molar-refractivity contribution is 6.62. The molecule has 0 N–H and O–H groups in total. The van der Waals surface area contributed by atoms with Gasteiger partial charge in [-0.05, 0) is 100 Å². The van der Waals surface area contributed by atoms with Gasteiger partial charge in [-0.3, -0.25) is 0 Å². The van der Waals surface area contributed by atoms with Crippen molar-refractivity contribution in [1.82, 2.24) is 4.98 Å². The molecule has 0 spiro atoms. The number of imide groups is 1. The molecule has 0 radical (unpaired) electrons. The Kier molecular flexibility index (Phi) is 9.71. The highest BCUT2D eigenvalue weighted by Crippen LogP contribution is 2.40. The molecule has 1 saturated heterocycles. The summed E-state index contributed by atoms with van der Waals surface area (Å²) in [5.74, 6) is -0.620. The predicted octanol–water partition coefficient (Wildman–Crippen LogP) is 7.87. The summed E-state index contributed by atoms with van der Waals surface area (Å²) >= 11 is 6.07. The van der Waals surface area contributed by atoms with E-state index in [1.165, 1.54) is 19.2 Å². The molecule has 1 aliphatic heterocycles. The summed E-state index contributed by atoms with van der Waals surface area (Å²) < 4.78 is 71.1. The fourth-order valence-electron chi connectivity index (χ4n) is 4.06. The Hall–Kier alpha value is -3.03. The average molecular weight is 643 g/mol. The zero-order chi connectivity index (χ0) is 33.6. The molecular weight excluding hydrogens is 604 g/mol. The average Bonchev–Trinajstić information content (AvgIpc) is 3.03. The molecule has 2 heterocycles. The standard InChI is InChI=1S/C30H39BClF3N2O7/c1-17(20-15-19(32)12-13-21(20)30(33,34)35)40-22-14-18(31-43-28(8,9)29(10,11)44-31)16-36-23(22)37(24(38)41-26(2,3)4)25(39)42-27(5,6)7/h12-17H,1-11H3. The van der Waals surface area contributed by atoms with Crippen LogP contribution in [0.5, 0.6) is 5.75 Å². The van der Waals surface area contributed by atoms with Crippen LogP contribution in [0.4, 0.5) is 28.6 Å². The van der Waals surface area contributed by atoms with Crippen molar-refractivity contribution in [2.45, 2.75) is 111 Å². The van der Waals surface area contributed by atoms with Crippen LogP contribution in [0.2, 0.25) is 5.02 Å². The van der Waals surface area contributed by atoms with Gasteiger partial charge in [-0.1, -0.05) is 11.6 Å². The van der Waals surface area contributed by atoms with Gasteiger partial charge in [-0.15, -0.1) is 0 Å². The summed E-state index contributed by atoms with van der Waals surface area (Å²) in [7, 11) is -0.951. The second kappa shape index (κ2) is 12.1. The zero-order valence-corrected chi connectivity index (χ0v) is 27.6. The Morgan fingerprint density at radius 1 is 0.932 bits per heavy atom. The SMILES string of the molecule is CC(Oc1cc(B2OC(C)(C)C(C)(C)O2)cnc1N(C(=O)OC(C)(C)C)C(=O)OC(C)(C)C)c1cc(Cl)ccc1C(F)(F)F. The van der Waals surface area contributed by atoms with Crippen molar-refractivity contribution in [1.29, 1.82) is 0 Å². The first-order valence-electron chi connectivity index (χ1n) is 14.0. The fraction of sp³-hybridized carbons (Fsp3) is 0.567. The van der Waals surface area contributed by atoms with Crippen LogP contribution in [0.3, 0.4) is 0 Å². The summed E-state index contributed by atoms with van der Waals surface area (Å²) in [6, 6.07) is 4.50. The minimum atomic E-state index is -4.72. The third-order valence-corrected chi connectivity index (χ3v) is 7.04. The van der Waals surface area contributed by atoms with E-state index in [0.29, 0.717) is 10.4 Å².